The topological polar surface area (TPSA) is 61.0 Å². The van der Waals surface area contributed by atoms with Gasteiger partial charge in [-0.05, 0) is 30.3 Å². The van der Waals surface area contributed by atoms with Gasteiger partial charge < -0.3 is 10.5 Å². The Morgan fingerprint density at radius 1 is 1.19 bits per heavy atom. The fourth-order valence-corrected chi connectivity index (χ4v) is 1.42. The van der Waals surface area contributed by atoms with Gasteiger partial charge in [0.05, 0.1) is 19.3 Å². The van der Waals surface area contributed by atoms with Gasteiger partial charge in [0, 0.05) is 11.8 Å². The summed E-state index contributed by atoms with van der Waals surface area (Å²) in [5.41, 5.74) is 7.40. The summed E-state index contributed by atoms with van der Waals surface area (Å²) in [7, 11) is 1.65. The fraction of sp³-hybridized carbons (Fsp3) is 0.167. The van der Waals surface area contributed by atoms with Crippen LogP contribution < -0.4 is 10.5 Å². The lowest BCUT2D eigenvalue weighted by molar-refractivity contribution is 0.415. The van der Waals surface area contributed by atoms with Crippen molar-refractivity contribution in [3.8, 4) is 17.0 Å². The number of rotatable bonds is 3. The van der Waals surface area contributed by atoms with E-state index in [1.54, 1.807) is 13.3 Å². The zero-order chi connectivity index (χ0) is 11.4. The first-order chi connectivity index (χ1) is 7.83. The van der Waals surface area contributed by atoms with Crippen molar-refractivity contribution in [2.45, 2.75) is 6.54 Å². The lowest BCUT2D eigenvalue weighted by Crippen LogP contribution is -2.02. The van der Waals surface area contributed by atoms with Crippen molar-refractivity contribution in [3.63, 3.8) is 0 Å². The maximum atomic E-state index is 5.50. The van der Waals surface area contributed by atoms with Crippen molar-refractivity contribution in [3.05, 3.63) is 42.4 Å². The van der Waals surface area contributed by atoms with Crippen molar-refractivity contribution in [1.29, 1.82) is 0 Å². The number of benzene rings is 1. The maximum absolute atomic E-state index is 5.50. The molecule has 2 aromatic rings. The number of nitrogens with two attached hydrogens (primary N) is 1. The van der Waals surface area contributed by atoms with Gasteiger partial charge in [-0.15, -0.1) is 0 Å². The van der Waals surface area contributed by atoms with Gasteiger partial charge in [-0.3, -0.25) is 0 Å². The third kappa shape index (κ3) is 2.17. The molecule has 0 spiro atoms. The summed E-state index contributed by atoms with van der Waals surface area (Å²) < 4.78 is 5.10. The Hall–Kier alpha value is -1.94. The second-order valence-corrected chi connectivity index (χ2v) is 3.29. The molecular formula is C12H13N3O. The van der Waals surface area contributed by atoms with Gasteiger partial charge in [-0.2, -0.15) is 0 Å². The standard InChI is InChI=1S/C12H13N3O/c1-16-10-4-2-9(3-5-10)11-6-7-14-12(8-13)15-11/h2-7H,8,13H2,1H3. The second-order valence-electron chi connectivity index (χ2n) is 3.29. The van der Waals surface area contributed by atoms with Crippen LogP contribution in [0.3, 0.4) is 0 Å². The molecule has 0 radical (unpaired) electrons. The molecule has 1 aromatic carbocycles. The number of aromatic nitrogens is 2. The summed E-state index contributed by atoms with van der Waals surface area (Å²) >= 11 is 0. The van der Waals surface area contributed by atoms with E-state index in [0.717, 1.165) is 17.0 Å². The maximum Gasteiger partial charge on any atom is 0.142 e. The molecule has 0 bridgehead atoms. The van der Waals surface area contributed by atoms with Crippen LogP contribution in [0.2, 0.25) is 0 Å². The van der Waals surface area contributed by atoms with E-state index in [2.05, 4.69) is 9.97 Å². The number of methoxy groups -OCH3 is 1. The molecule has 0 atom stereocenters. The van der Waals surface area contributed by atoms with Crippen LogP contribution in [-0.4, -0.2) is 17.1 Å². The quantitative estimate of drug-likeness (QED) is 0.845. The highest BCUT2D eigenvalue weighted by Crippen LogP contribution is 2.20. The summed E-state index contributed by atoms with van der Waals surface area (Å²) in [5, 5.41) is 0. The van der Waals surface area contributed by atoms with E-state index in [-0.39, 0.29) is 0 Å². The Morgan fingerprint density at radius 3 is 2.56 bits per heavy atom. The van der Waals surface area contributed by atoms with E-state index >= 15 is 0 Å². The number of ether oxygens (including phenoxy) is 1. The molecule has 0 amide bonds. The van der Waals surface area contributed by atoms with Crippen molar-refractivity contribution < 1.29 is 4.74 Å². The van der Waals surface area contributed by atoms with Crippen LogP contribution in [0.1, 0.15) is 5.82 Å². The first-order valence-corrected chi connectivity index (χ1v) is 5.00. The lowest BCUT2D eigenvalue weighted by atomic mass is 10.1. The molecule has 4 nitrogen and oxygen atoms in total. The van der Waals surface area contributed by atoms with Gasteiger partial charge in [0.2, 0.25) is 0 Å². The van der Waals surface area contributed by atoms with E-state index in [1.807, 2.05) is 30.3 Å². The molecule has 0 fully saturated rings. The molecule has 2 rings (SSSR count). The Morgan fingerprint density at radius 2 is 1.94 bits per heavy atom. The molecule has 16 heavy (non-hydrogen) atoms. The molecule has 4 heteroatoms. The molecule has 0 saturated heterocycles. The van der Waals surface area contributed by atoms with Crippen LogP contribution in [0.4, 0.5) is 0 Å². The molecule has 0 aliphatic heterocycles. The highest BCUT2D eigenvalue weighted by atomic mass is 16.5. The van der Waals surface area contributed by atoms with Gasteiger partial charge in [-0.25, -0.2) is 9.97 Å². The minimum atomic E-state index is 0.351. The van der Waals surface area contributed by atoms with Crippen LogP contribution in [0.5, 0.6) is 5.75 Å². The Balaban J connectivity index is 2.34. The van der Waals surface area contributed by atoms with Crippen LogP contribution >= 0.6 is 0 Å². The summed E-state index contributed by atoms with van der Waals surface area (Å²) in [4.78, 5) is 8.40. The Bertz CT molecular complexity index is 468. The van der Waals surface area contributed by atoms with Crippen LogP contribution in [0.15, 0.2) is 36.5 Å². The normalized spacial score (nSPS) is 10.1. The van der Waals surface area contributed by atoms with Crippen LogP contribution in [0, 0.1) is 0 Å². The number of hydrogen-bond donors (Lipinski definition) is 1. The van der Waals surface area contributed by atoms with E-state index in [0.29, 0.717) is 12.4 Å². The average molecular weight is 215 g/mol. The Labute approximate surface area is 94.1 Å². The molecule has 2 N–H and O–H groups in total. The van der Waals surface area contributed by atoms with Crippen molar-refractivity contribution in [2.75, 3.05) is 7.11 Å². The van der Waals surface area contributed by atoms with Crippen molar-refractivity contribution in [1.82, 2.24) is 9.97 Å². The molecule has 0 aliphatic rings. The van der Waals surface area contributed by atoms with Gasteiger partial charge in [0.1, 0.15) is 11.6 Å². The molecule has 0 aliphatic carbocycles. The summed E-state index contributed by atoms with van der Waals surface area (Å²) in [6.07, 6.45) is 1.72. The molecule has 1 heterocycles. The summed E-state index contributed by atoms with van der Waals surface area (Å²) in [6.45, 7) is 0.351. The predicted molar refractivity (Wildman–Crippen MR) is 61.9 cm³/mol. The van der Waals surface area contributed by atoms with Gasteiger partial charge in [0.25, 0.3) is 0 Å². The lowest BCUT2D eigenvalue weighted by Gasteiger charge is -2.04. The molecular weight excluding hydrogens is 202 g/mol. The molecule has 82 valence electrons. The minimum absolute atomic E-state index is 0.351. The second kappa shape index (κ2) is 4.72. The van der Waals surface area contributed by atoms with Crippen molar-refractivity contribution in [2.24, 2.45) is 5.73 Å². The predicted octanol–water partition coefficient (Wildman–Crippen LogP) is 1.61. The third-order valence-corrected chi connectivity index (χ3v) is 2.27. The largest absolute Gasteiger partial charge is 0.497 e. The average Bonchev–Trinajstić information content (AvgIpc) is 2.39. The summed E-state index contributed by atoms with van der Waals surface area (Å²) in [6, 6.07) is 9.59. The Kier molecular flexibility index (Phi) is 3.12. The minimum Gasteiger partial charge on any atom is -0.497 e. The monoisotopic (exact) mass is 215 g/mol. The summed E-state index contributed by atoms with van der Waals surface area (Å²) in [5.74, 6) is 1.48. The van der Waals surface area contributed by atoms with E-state index < -0.39 is 0 Å². The molecule has 1 aromatic heterocycles. The molecule has 0 unspecified atom stereocenters. The number of hydrogen-bond acceptors (Lipinski definition) is 4. The van der Waals surface area contributed by atoms with Crippen molar-refractivity contribution >= 4 is 0 Å². The number of nitrogens with zero attached hydrogens (tertiary/aromatic N) is 2. The molecule has 0 saturated carbocycles. The first-order valence-electron chi connectivity index (χ1n) is 5.00. The fourth-order valence-electron chi connectivity index (χ4n) is 1.42. The van der Waals surface area contributed by atoms with E-state index in [1.165, 1.54) is 0 Å². The van der Waals surface area contributed by atoms with E-state index in [9.17, 15) is 0 Å². The zero-order valence-corrected chi connectivity index (χ0v) is 9.05. The van der Waals surface area contributed by atoms with Crippen LogP contribution in [0.25, 0.3) is 11.3 Å². The van der Waals surface area contributed by atoms with E-state index in [4.69, 9.17) is 10.5 Å². The zero-order valence-electron chi connectivity index (χ0n) is 9.05. The third-order valence-electron chi connectivity index (χ3n) is 2.27. The first kappa shape index (κ1) is 10.6. The van der Waals surface area contributed by atoms with Gasteiger partial charge in [0.15, 0.2) is 0 Å². The highest BCUT2D eigenvalue weighted by Gasteiger charge is 2.01. The van der Waals surface area contributed by atoms with Gasteiger partial charge in [-0.1, -0.05) is 0 Å². The van der Waals surface area contributed by atoms with Crippen LogP contribution in [-0.2, 0) is 6.54 Å². The highest BCUT2D eigenvalue weighted by molar-refractivity contribution is 5.59. The SMILES string of the molecule is COc1ccc(-c2ccnc(CN)n2)cc1. The smallest absolute Gasteiger partial charge is 0.142 e. The van der Waals surface area contributed by atoms with Gasteiger partial charge >= 0.3 is 0 Å².